The van der Waals surface area contributed by atoms with Crippen LogP contribution in [0.4, 0.5) is 34.1 Å². The lowest BCUT2D eigenvalue weighted by atomic mass is 9.85. The molecule has 0 radical (unpaired) electrons. The molecule has 74 heavy (non-hydrogen) atoms. The van der Waals surface area contributed by atoms with Crippen molar-refractivity contribution in [2.24, 2.45) is 0 Å². The highest BCUT2D eigenvalue weighted by Gasteiger charge is 2.21. The summed E-state index contributed by atoms with van der Waals surface area (Å²) in [6.45, 7) is 4.00. The second-order valence-electron chi connectivity index (χ2n) is 18.1. The Bertz CT molecular complexity index is 3570. The molecule has 354 valence electrons. The van der Waals surface area contributed by atoms with Gasteiger partial charge in [0.1, 0.15) is 0 Å². The van der Waals surface area contributed by atoms with E-state index in [1.807, 2.05) is 13.8 Å². The van der Waals surface area contributed by atoms with Crippen LogP contribution in [-0.2, 0) is 0 Å². The summed E-state index contributed by atoms with van der Waals surface area (Å²) in [5.74, 6) is 0. The summed E-state index contributed by atoms with van der Waals surface area (Å²) in [6, 6.07) is 110. The van der Waals surface area contributed by atoms with Gasteiger partial charge < -0.3 is 9.80 Å². The highest BCUT2D eigenvalue weighted by Crippen LogP contribution is 2.43. The van der Waals surface area contributed by atoms with Gasteiger partial charge in [-0.3, -0.25) is 0 Å². The van der Waals surface area contributed by atoms with Crippen LogP contribution in [0.1, 0.15) is 36.1 Å². The fourth-order valence-electron chi connectivity index (χ4n) is 10.1. The average molecular weight is 949 g/mol. The molecule has 0 aliphatic heterocycles. The van der Waals surface area contributed by atoms with Crippen molar-refractivity contribution in [2.45, 2.75) is 13.8 Å². The van der Waals surface area contributed by atoms with Gasteiger partial charge in [0.25, 0.3) is 0 Å². The zero-order chi connectivity index (χ0) is 50.1. The van der Waals surface area contributed by atoms with Crippen molar-refractivity contribution in [1.29, 1.82) is 0 Å². The Kier molecular flexibility index (Phi) is 13.8. The first kappa shape index (κ1) is 46.9. The maximum Gasteiger partial charge on any atom is 0.0468 e. The zero-order valence-electron chi connectivity index (χ0n) is 41.8. The zero-order valence-corrected chi connectivity index (χ0v) is 41.8. The van der Waals surface area contributed by atoms with Crippen LogP contribution in [0.3, 0.4) is 0 Å². The first-order valence-electron chi connectivity index (χ1n) is 25.7. The van der Waals surface area contributed by atoms with E-state index in [0.717, 1.165) is 67.5 Å². The van der Waals surface area contributed by atoms with Crippen LogP contribution in [0.2, 0.25) is 0 Å². The Morgan fingerprint density at radius 2 is 0.486 bits per heavy atom. The van der Waals surface area contributed by atoms with Crippen molar-refractivity contribution in [1.82, 2.24) is 0 Å². The molecule has 0 N–H and O–H groups in total. The molecule has 12 aromatic carbocycles. The second kappa shape index (κ2) is 21.9. The molecule has 2 heteroatoms. The quantitative estimate of drug-likeness (QED) is 0.113. The minimum atomic E-state index is 1.07. The van der Waals surface area contributed by atoms with E-state index < -0.39 is 0 Å². The summed E-state index contributed by atoms with van der Waals surface area (Å²) in [5, 5.41) is 4.83. The molecule has 0 aliphatic rings. The number of benzene rings is 12. The van der Waals surface area contributed by atoms with E-state index in [9.17, 15) is 0 Å². The predicted octanol–water partition coefficient (Wildman–Crippen LogP) is 20.3. The number of hydrogen-bond donors (Lipinski definition) is 0. The molecular weight excluding hydrogens is 893 g/mol. The summed E-state index contributed by atoms with van der Waals surface area (Å²) in [4.78, 5) is 4.75. The molecule has 12 aromatic rings. The Hall–Kier alpha value is -9.50. The largest absolute Gasteiger partial charge is 0.310 e. The van der Waals surface area contributed by atoms with Crippen LogP contribution in [0.5, 0.6) is 0 Å². The summed E-state index contributed by atoms with van der Waals surface area (Å²) >= 11 is 0. The van der Waals surface area contributed by atoms with Crippen LogP contribution >= 0.6 is 0 Å². The predicted molar refractivity (Wildman–Crippen MR) is 317 cm³/mol. The third-order valence-corrected chi connectivity index (χ3v) is 13.6. The van der Waals surface area contributed by atoms with Crippen LogP contribution in [0.25, 0.3) is 54.9 Å². The Morgan fingerprint density at radius 3 is 0.865 bits per heavy atom. The number of nitrogens with zero attached hydrogens (tertiary/aromatic N) is 2. The molecule has 0 bridgehead atoms. The lowest BCUT2D eigenvalue weighted by molar-refractivity contribution is 1.28. The van der Waals surface area contributed by atoms with Gasteiger partial charge in [0, 0.05) is 34.1 Å². The summed E-state index contributed by atoms with van der Waals surface area (Å²) in [7, 11) is 0. The lowest BCUT2D eigenvalue weighted by Crippen LogP contribution is -2.10. The molecule has 2 nitrogen and oxygen atoms in total. The standard InChI is InChI=1S/C70H50N2.C2H6/c1-5-19-51(20-6-1)61-31-17-33-65(47-61)71(67-45-35-53-23-13-15-29-59(53)49-67)63-41-37-57(38-42-63)69(55-25-9-3-10-26-55)70(56-27-11-4-12-28-56)58-39-43-64(44-40-58)72(68-46-36-54-24-14-16-30-60(54)50-68)66-34-18-32-62(48-66)52-21-7-2-8-22-52;1-2/h1-50H;1-2H3/b70-69+;. The van der Waals surface area contributed by atoms with Gasteiger partial charge in [0.05, 0.1) is 0 Å². The summed E-state index contributed by atoms with van der Waals surface area (Å²) < 4.78 is 0. The molecule has 0 amide bonds. The minimum Gasteiger partial charge on any atom is -0.310 e. The van der Waals surface area contributed by atoms with Gasteiger partial charge in [-0.25, -0.2) is 0 Å². The van der Waals surface area contributed by atoms with E-state index in [1.165, 1.54) is 43.8 Å². The van der Waals surface area contributed by atoms with Crippen LogP contribution in [0.15, 0.2) is 303 Å². The van der Waals surface area contributed by atoms with E-state index in [4.69, 9.17) is 0 Å². The monoisotopic (exact) mass is 948 g/mol. The van der Waals surface area contributed by atoms with E-state index >= 15 is 0 Å². The Labute approximate surface area is 436 Å². The molecule has 0 saturated heterocycles. The third kappa shape index (κ3) is 9.90. The van der Waals surface area contributed by atoms with E-state index in [0.29, 0.717) is 0 Å². The average Bonchev–Trinajstić information content (AvgIpc) is 3.49. The lowest BCUT2D eigenvalue weighted by Gasteiger charge is -2.27. The van der Waals surface area contributed by atoms with Crippen molar-refractivity contribution < 1.29 is 0 Å². The van der Waals surface area contributed by atoms with Gasteiger partial charge >= 0.3 is 0 Å². The maximum atomic E-state index is 2.38. The highest BCUT2D eigenvalue weighted by molar-refractivity contribution is 6.05. The van der Waals surface area contributed by atoms with Gasteiger partial charge in [-0.2, -0.15) is 0 Å². The first-order valence-corrected chi connectivity index (χ1v) is 25.7. The SMILES string of the molecule is CC.c1ccc(/C(=C(/c2ccccc2)c2ccc(N(c3cccc(-c4ccccc4)c3)c3ccc4ccccc4c3)cc2)c2ccc(N(c3cccc(-c4ccccc4)c3)c3ccc4ccccc4c3)cc2)cc1. The van der Waals surface area contributed by atoms with Crippen molar-refractivity contribution >= 4 is 66.8 Å². The number of rotatable bonds is 12. The number of anilines is 6. The molecule has 0 heterocycles. The molecule has 0 unspecified atom stereocenters. The van der Waals surface area contributed by atoms with Crippen LogP contribution in [0, 0.1) is 0 Å². The van der Waals surface area contributed by atoms with E-state index in [-0.39, 0.29) is 0 Å². The molecule has 0 aromatic heterocycles. The summed E-state index contributed by atoms with van der Waals surface area (Å²) in [6.07, 6.45) is 0. The Balaban J connectivity index is 0.00000291. The van der Waals surface area contributed by atoms with E-state index in [2.05, 4.69) is 313 Å². The normalized spacial score (nSPS) is 11.3. The van der Waals surface area contributed by atoms with Gasteiger partial charge in [-0.15, -0.1) is 0 Å². The smallest absolute Gasteiger partial charge is 0.0468 e. The van der Waals surface area contributed by atoms with Crippen molar-refractivity contribution in [3.8, 4) is 22.3 Å². The van der Waals surface area contributed by atoms with Crippen molar-refractivity contribution in [3.05, 3.63) is 326 Å². The molecule has 0 aliphatic carbocycles. The fourth-order valence-corrected chi connectivity index (χ4v) is 10.1. The molecular formula is C72H56N2. The molecule has 0 saturated carbocycles. The van der Waals surface area contributed by atoms with Crippen molar-refractivity contribution in [3.63, 3.8) is 0 Å². The van der Waals surface area contributed by atoms with Gasteiger partial charge in [-0.1, -0.05) is 244 Å². The molecule has 0 atom stereocenters. The van der Waals surface area contributed by atoms with Crippen molar-refractivity contribution in [2.75, 3.05) is 9.80 Å². The summed E-state index contributed by atoms with van der Waals surface area (Å²) in [5.41, 5.74) is 18.1. The second-order valence-corrected chi connectivity index (χ2v) is 18.1. The maximum absolute atomic E-state index is 2.38. The van der Waals surface area contributed by atoms with Crippen LogP contribution in [-0.4, -0.2) is 0 Å². The number of hydrogen-bond acceptors (Lipinski definition) is 2. The minimum absolute atomic E-state index is 1.07. The van der Waals surface area contributed by atoms with Gasteiger partial charge in [-0.05, 0) is 150 Å². The number of fused-ring (bicyclic) bond motifs is 2. The molecule has 0 spiro atoms. The Morgan fingerprint density at radius 1 is 0.203 bits per heavy atom. The fraction of sp³-hybridized carbons (Fsp3) is 0.0278. The third-order valence-electron chi connectivity index (χ3n) is 13.6. The van der Waals surface area contributed by atoms with Gasteiger partial charge in [0.15, 0.2) is 0 Å². The van der Waals surface area contributed by atoms with Crippen LogP contribution < -0.4 is 9.80 Å². The van der Waals surface area contributed by atoms with Gasteiger partial charge in [0.2, 0.25) is 0 Å². The topological polar surface area (TPSA) is 6.48 Å². The molecule has 12 rings (SSSR count). The first-order chi connectivity index (χ1) is 36.7. The van der Waals surface area contributed by atoms with E-state index in [1.54, 1.807) is 0 Å². The molecule has 0 fully saturated rings. The highest BCUT2D eigenvalue weighted by atomic mass is 15.1.